The van der Waals surface area contributed by atoms with Crippen LogP contribution in [-0.2, 0) is 5.88 Å². The molecule has 1 aromatic heterocycles. The van der Waals surface area contributed by atoms with Crippen LogP contribution in [0, 0.1) is 11.6 Å². The van der Waals surface area contributed by atoms with E-state index in [0.717, 1.165) is 0 Å². The number of halogens is 5. The summed E-state index contributed by atoms with van der Waals surface area (Å²) in [6.07, 6.45) is -2.59. The van der Waals surface area contributed by atoms with Crippen LogP contribution in [-0.4, -0.2) is 4.98 Å². The monoisotopic (exact) mass is 213 g/mol. The molecular weight excluding hydrogens is 210 g/mol. The van der Waals surface area contributed by atoms with Crippen molar-refractivity contribution in [3.05, 3.63) is 29.1 Å². The van der Waals surface area contributed by atoms with Crippen LogP contribution in [0.5, 0.6) is 0 Å². The van der Waals surface area contributed by atoms with Crippen LogP contribution in [0.15, 0.2) is 6.20 Å². The highest BCUT2D eigenvalue weighted by atomic mass is 35.5. The van der Waals surface area contributed by atoms with E-state index in [1.54, 1.807) is 0 Å². The molecule has 1 heterocycles. The summed E-state index contributed by atoms with van der Waals surface area (Å²) in [4.78, 5) is 3.25. The van der Waals surface area contributed by atoms with Crippen molar-refractivity contribution in [1.82, 2.24) is 4.98 Å². The summed E-state index contributed by atoms with van der Waals surface area (Å²) < 4.78 is 49.5. The Bertz CT molecular complexity index is 316. The van der Waals surface area contributed by atoms with Crippen LogP contribution < -0.4 is 0 Å². The summed E-state index contributed by atoms with van der Waals surface area (Å²) in [6.45, 7) is 0. The smallest absolute Gasteiger partial charge is 0.256 e. The van der Waals surface area contributed by atoms with Gasteiger partial charge in [-0.25, -0.2) is 17.6 Å². The molecule has 0 radical (unpaired) electrons. The maximum absolute atomic E-state index is 12.7. The van der Waals surface area contributed by atoms with Crippen LogP contribution in [0.2, 0.25) is 0 Å². The van der Waals surface area contributed by atoms with E-state index in [1.165, 1.54) is 0 Å². The van der Waals surface area contributed by atoms with E-state index in [1.807, 2.05) is 0 Å². The maximum Gasteiger partial charge on any atom is 0.268 e. The molecule has 0 spiro atoms. The molecule has 6 heteroatoms. The van der Waals surface area contributed by atoms with E-state index in [0.29, 0.717) is 6.20 Å². The number of hydrogen-bond acceptors (Lipinski definition) is 1. The molecule has 1 rings (SSSR count). The summed E-state index contributed by atoms with van der Waals surface area (Å²) in [5.41, 5.74) is -1.40. The van der Waals surface area contributed by atoms with Crippen LogP contribution in [0.1, 0.15) is 17.7 Å². The summed E-state index contributed by atoms with van der Waals surface area (Å²) in [7, 11) is 0. The molecule has 72 valence electrons. The predicted molar refractivity (Wildman–Crippen MR) is 38.7 cm³/mol. The van der Waals surface area contributed by atoms with Gasteiger partial charge in [0.1, 0.15) is 0 Å². The minimum absolute atomic E-state index is 0.337. The van der Waals surface area contributed by atoms with E-state index >= 15 is 0 Å². The van der Waals surface area contributed by atoms with Crippen LogP contribution >= 0.6 is 11.6 Å². The minimum atomic E-state index is -3.11. The third-order valence-corrected chi connectivity index (χ3v) is 1.69. The Morgan fingerprint density at radius 1 is 1.38 bits per heavy atom. The maximum atomic E-state index is 12.7. The number of pyridine rings is 1. The van der Waals surface area contributed by atoms with Crippen molar-refractivity contribution in [3.63, 3.8) is 0 Å². The zero-order valence-corrected chi connectivity index (χ0v) is 6.95. The van der Waals surface area contributed by atoms with Crippen molar-refractivity contribution >= 4 is 11.6 Å². The van der Waals surface area contributed by atoms with E-state index in [9.17, 15) is 17.6 Å². The van der Waals surface area contributed by atoms with Gasteiger partial charge in [0.15, 0.2) is 11.6 Å². The molecule has 0 N–H and O–H groups in total. The van der Waals surface area contributed by atoms with Crippen molar-refractivity contribution in [2.75, 3.05) is 0 Å². The van der Waals surface area contributed by atoms with Crippen LogP contribution in [0.3, 0.4) is 0 Å². The molecule has 0 aromatic carbocycles. The van der Waals surface area contributed by atoms with E-state index in [-0.39, 0.29) is 11.6 Å². The number of aromatic nitrogens is 1. The highest BCUT2D eigenvalue weighted by Crippen LogP contribution is 2.26. The Balaban J connectivity index is 3.32. The molecule has 0 amide bonds. The first kappa shape index (κ1) is 10.2. The fraction of sp³-hybridized carbons (Fsp3) is 0.286. The molecule has 1 nitrogen and oxygen atoms in total. The SMILES string of the molecule is Fc1cnc(CCl)c(C(F)F)c1F. The summed E-state index contributed by atoms with van der Waals surface area (Å²) in [5, 5.41) is 0. The number of nitrogens with zero attached hydrogens (tertiary/aromatic N) is 1. The molecule has 0 bridgehead atoms. The lowest BCUT2D eigenvalue weighted by molar-refractivity contribution is 0.143. The van der Waals surface area contributed by atoms with Gasteiger partial charge in [-0.2, -0.15) is 0 Å². The summed E-state index contributed by atoms with van der Waals surface area (Å²) in [6, 6.07) is 0. The van der Waals surface area contributed by atoms with Gasteiger partial charge < -0.3 is 0 Å². The van der Waals surface area contributed by atoms with Gasteiger partial charge in [0, 0.05) is 0 Å². The predicted octanol–water partition coefficient (Wildman–Crippen LogP) is 3.04. The van der Waals surface area contributed by atoms with Crippen molar-refractivity contribution in [2.45, 2.75) is 12.3 Å². The first-order chi connectivity index (χ1) is 6.07. The first-order valence-electron chi connectivity index (χ1n) is 3.24. The second-order valence-corrected chi connectivity index (χ2v) is 2.48. The third kappa shape index (κ3) is 1.91. The van der Waals surface area contributed by atoms with Crippen molar-refractivity contribution < 1.29 is 17.6 Å². The largest absolute Gasteiger partial charge is 0.268 e. The van der Waals surface area contributed by atoms with E-state index < -0.39 is 23.6 Å². The molecule has 1 aromatic rings. The van der Waals surface area contributed by atoms with E-state index in [4.69, 9.17) is 11.6 Å². The Kier molecular flexibility index (Phi) is 3.08. The highest BCUT2D eigenvalue weighted by molar-refractivity contribution is 6.17. The average Bonchev–Trinajstić information content (AvgIpc) is 2.08. The zero-order valence-electron chi connectivity index (χ0n) is 6.20. The normalized spacial score (nSPS) is 10.9. The minimum Gasteiger partial charge on any atom is -0.256 e. The molecule has 0 fully saturated rings. The lowest BCUT2D eigenvalue weighted by Crippen LogP contribution is -2.03. The first-order valence-corrected chi connectivity index (χ1v) is 3.78. The Labute approximate surface area is 76.3 Å². The Morgan fingerprint density at radius 2 is 2.00 bits per heavy atom. The second kappa shape index (κ2) is 3.91. The van der Waals surface area contributed by atoms with Gasteiger partial charge in [-0.15, -0.1) is 11.6 Å². The molecule has 0 atom stereocenters. The summed E-state index contributed by atoms with van der Waals surface area (Å²) in [5.74, 6) is -3.36. The molecular formula is C7H4ClF4N. The fourth-order valence-electron chi connectivity index (χ4n) is 0.844. The second-order valence-electron chi connectivity index (χ2n) is 2.21. The topological polar surface area (TPSA) is 12.9 Å². The lowest BCUT2D eigenvalue weighted by Gasteiger charge is -2.06. The Morgan fingerprint density at radius 3 is 2.46 bits per heavy atom. The van der Waals surface area contributed by atoms with Crippen molar-refractivity contribution in [3.8, 4) is 0 Å². The molecule has 0 unspecified atom stereocenters. The fourth-order valence-corrected chi connectivity index (χ4v) is 1.06. The van der Waals surface area contributed by atoms with Gasteiger partial charge in [0.05, 0.1) is 23.3 Å². The quantitative estimate of drug-likeness (QED) is 0.544. The van der Waals surface area contributed by atoms with Gasteiger partial charge in [-0.1, -0.05) is 0 Å². The van der Waals surface area contributed by atoms with E-state index in [2.05, 4.69) is 4.98 Å². The van der Waals surface area contributed by atoms with Crippen LogP contribution in [0.4, 0.5) is 17.6 Å². The molecule has 0 aliphatic heterocycles. The van der Waals surface area contributed by atoms with Gasteiger partial charge in [-0.3, -0.25) is 4.98 Å². The number of rotatable bonds is 2. The lowest BCUT2D eigenvalue weighted by atomic mass is 10.2. The average molecular weight is 214 g/mol. The third-order valence-electron chi connectivity index (χ3n) is 1.44. The highest BCUT2D eigenvalue weighted by Gasteiger charge is 2.22. The Hall–Kier alpha value is -0.840. The van der Waals surface area contributed by atoms with Gasteiger partial charge >= 0.3 is 0 Å². The molecule has 13 heavy (non-hydrogen) atoms. The van der Waals surface area contributed by atoms with Crippen LogP contribution in [0.25, 0.3) is 0 Å². The summed E-state index contributed by atoms with van der Waals surface area (Å²) >= 11 is 5.22. The zero-order chi connectivity index (χ0) is 10.0. The molecule has 0 aliphatic rings. The molecule has 0 saturated heterocycles. The van der Waals surface area contributed by atoms with Crippen molar-refractivity contribution in [1.29, 1.82) is 0 Å². The van der Waals surface area contributed by atoms with Gasteiger partial charge in [-0.05, 0) is 0 Å². The van der Waals surface area contributed by atoms with Gasteiger partial charge in [0.25, 0.3) is 6.43 Å². The number of hydrogen-bond donors (Lipinski definition) is 0. The van der Waals surface area contributed by atoms with Crippen molar-refractivity contribution in [2.24, 2.45) is 0 Å². The standard InChI is InChI=1S/C7H4ClF4N/c8-1-4-5(7(11)12)6(10)3(9)2-13-4/h2,7H,1H2. The molecule has 0 aliphatic carbocycles. The number of alkyl halides is 3. The molecule has 0 saturated carbocycles. The van der Waals surface area contributed by atoms with Gasteiger partial charge in [0.2, 0.25) is 0 Å².